The van der Waals surface area contributed by atoms with Crippen molar-refractivity contribution in [2.24, 2.45) is 7.05 Å². The summed E-state index contributed by atoms with van der Waals surface area (Å²) >= 11 is 0. The van der Waals surface area contributed by atoms with Crippen LogP contribution in [0.4, 0.5) is 0 Å². The summed E-state index contributed by atoms with van der Waals surface area (Å²) in [5, 5.41) is 13.5. The second kappa shape index (κ2) is 3.97. The lowest BCUT2D eigenvalue weighted by atomic mass is 10.2. The number of aryl methyl sites for hydroxylation is 1. The maximum Gasteiger partial charge on any atom is 0.211 e. The van der Waals surface area contributed by atoms with Gasteiger partial charge in [-0.2, -0.15) is 5.10 Å². The Balaban J connectivity index is 2.85. The molecule has 1 aromatic heterocycles. The van der Waals surface area contributed by atoms with E-state index in [0.29, 0.717) is 11.6 Å². The second-order valence-corrected chi connectivity index (χ2v) is 2.66. The van der Waals surface area contributed by atoms with Crippen molar-refractivity contribution in [1.82, 2.24) is 9.78 Å². The molecule has 0 radical (unpaired) electrons. The number of aromatic nitrogens is 2. The zero-order chi connectivity index (χ0) is 9.84. The zero-order valence-electron chi connectivity index (χ0n) is 7.69. The fraction of sp³-hybridized carbons (Fsp3) is 0.444. The third-order valence-corrected chi connectivity index (χ3v) is 1.72. The van der Waals surface area contributed by atoms with E-state index in [1.54, 1.807) is 24.9 Å². The Morgan fingerprint density at radius 3 is 3.00 bits per heavy atom. The molecule has 0 bridgehead atoms. The fourth-order valence-corrected chi connectivity index (χ4v) is 1.04. The topological polar surface area (TPSA) is 47.3 Å². The Morgan fingerprint density at radius 2 is 2.54 bits per heavy atom. The van der Waals surface area contributed by atoms with Gasteiger partial charge in [-0.15, -0.1) is 12.3 Å². The molecule has 1 aromatic rings. The van der Waals surface area contributed by atoms with Crippen LogP contribution in [0.5, 0.6) is 5.88 Å². The minimum absolute atomic E-state index is 0.264. The van der Waals surface area contributed by atoms with E-state index in [1.807, 2.05) is 0 Å². The van der Waals surface area contributed by atoms with Gasteiger partial charge in [0.1, 0.15) is 6.10 Å². The first-order valence-corrected chi connectivity index (χ1v) is 3.88. The van der Waals surface area contributed by atoms with Gasteiger partial charge >= 0.3 is 0 Å². The van der Waals surface area contributed by atoms with Crippen molar-refractivity contribution in [3.63, 3.8) is 0 Å². The summed E-state index contributed by atoms with van der Waals surface area (Å²) in [6.07, 6.45) is 4.62. The number of ether oxygens (including phenoxy) is 1. The SMILES string of the molecule is C#CCC(O)c1cc(OC)n(C)n1. The Kier molecular flexibility index (Phi) is 2.93. The highest BCUT2D eigenvalue weighted by molar-refractivity contribution is 5.18. The van der Waals surface area contributed by atoms with Crippen LogP contribution in [0.1, 0.15) is 18.2 Å². The van der Waals surface area contributed by atoms with Crippen molar-refractivity contribution >= 4 is 0 Å². The standard InChI is InChI=1S/C9H12N2O2/c1-4-5-8(12)7-6-9(13-3)11(2)10-7/h1,6,8,12H,5H2,2-3H3. The van der Waals surface area contributed by atoms with Gasteiger partial charge in [0.05, 0.1) is 12.8 Å². The zero-order valence-corrected chi connectivity index (χ0v) is 7.69. The number of hydrogen-bond donors (Lipinski definition) is 1. The first-order valence-electron chi connectivity index (χ1n) is 3.88. The molecular formula is C9H12N2O2. The summed E-state index contributed by atoms with van der Waals surface area (Å²) < 4.78 is 6.54. The molecule has 0 fully saturated rings. The summed E-state index contributed by atoms with van der Waals surface area (Å²) in [7, 11) is 3.29. The molecule has 0 saturated heterocycles. The Labute approximate surface area is 77.1 Å². The summed E-state index contributed by atoms with van der Waals surface area (Å²) in [5.41, 5.74) is 0.539. The number of aliphatic hydroxyl groups is 1. The third kappa shape index (κ3) is 2.01. The van der Waals surface area contributed by atoms with Gasteiger partial charge in [-0.1, -0.05) is 0 Å². The minimum atomic E-state index is -0.708. The van der Waals surface area contributed by atoms with E-state index >= 15 is 0 Å². The lowest BCUT2D eigenvalue weighted by molar-refractivity contribution is 0.178. The Morgan fingerprint density at radius 1 is 1.85 bits per heavy atom. The number of methoxy groups -OCH3 is 1. The molecule has 0 aromatic carbocycles. The van der Waals surface area contributed by atoms with E-state index in [2.05, 4.69) is 11.0 Å². The van der Waals surface area contributed by atoms with E-state index in [0.717, 1.165) is 0 Å². The number of hydrogen-bond acceptors (Lipinski definition) is 3. The molecule has 0 spiro atoms. The van der Waals surface area contributed by atoms with Crippen molar-refractivity contribution in [1.29, 1.82) is 0 Å². The lowest BCUT2D eigenvalue weighted by Gasteiger charge is -2.00. The van der Waals surface area contributed by atoms with E-state index in [1.165, 1.54) is 0 Å². The number of terminal acetylenes is 1. The average molecular weight is 180 g/mol. The average Bonchev–Trinajstić information content (AvgIpc) is 2.47. The van der Waals surface area contributed by atoms with Crippen LogP contribution in [-0.2, 0) is 7.05 Å². The van der Waals surface area contributed by atoms with Crippen molar-refractivity contribution in [2.75, 3.05) is 7.11 Å². The van der Waals surface area contributed by atoms with Gasteiger partial charge in [-0.25, -0.2) is 4.68 Å². The second-order valence-electron chi connectivity index (χ2n) is 2.66. The van der Waals surface area contributed by atoms with E-state index in [-0.39, 0.29) is 6.42 Å². The largest absolute Gasteiger partial charge is 0.481 e. The Hall–Kier alpha value is -1.47. The van der Waals surface area contributed by atoms with Crippen LogP contribution in [0.2, 0.25) is 0 Å². The molecule has 1 unspecified atom stereocenters. The van der Waals surface area contributed by atoms with Crippen LogP contribution < -0.4 is 4.74 Å². The molecule has 0 aliphatic rings. The molecule has 1 heterocycles. The van der Waals surface area contributed by atoms with Crippen LogP contribution in [0, 0.1) is 12.3 Å². The van der Waals surface area contributed by atoms with Crippen LogP contribution >= 0.6 is 0 Å². The third-order valence-electron chi connectivity index (χ3n) is 1.72. The molecule has 0 amide bonds. The highest BCUT2D eigenvalue weighted by Crippen LogP contribution is 2.19. The molecule has 70 valence electrons. The van der Waals surface area contributed by atoms with Gasteiger partial charge in [0.15, 0.2) is 0 Å². The minimum Gasteiger partial charge on any atom is -0.481 e. The fourth-order valence-electron chi connectivity index (χ4n) is 1.04. The number of rotatable bonds is 3. The van der Waals surface area contributed by atoms with Gasteiger partial charge in [-0.3, -0.25) is 0 Å². The van der Waals surface area contributed by atoms with Gasteiger partial charge < -0.3 is 9.84 Å². The maximum atomic E-state index is 9.48. The van der Waals surface area contributed by atoms with E-state index in [4.69, 9.17) is 11.2 Å². The van der Waals surface area contributed by atoms with Crippen molar-refractivity contribution in [2.45, 2.75) is 12.5 Å². The molecule has 1 N–H and O–H groups in total. The smallest absolute Gasteiger partial charge is 0.211 e. The molecule has 0 aliphatic heterocycles. The van der Waals surface area contributed by atoms with Crippen LogP contribution in [0.3, 0.4) is 0 Å². The molecule has 1 rings (SSSR count). The van der Waals surface area contributed by atoms with Gasteiger partial charge in [0.2, 0.25) is 5.88 Å². The molecule has 4 nitrogen and oxygen atoms in total. The molecule has 0 saturated carbocycles. The highest BCUT2D eigenvalue weighted by Gasteiger charge is 2.12. The van der Waals surface area contributed by atoms with Crippen molar-refractivity contribution < 1.29 is 9.84 Å². The molecule has 13 heavy (non-hydrogen) atoms. The Bertz CT molecular complexity index is 325. The first-order chi connectivity index (χ1) is 6.19. The van der Waals surface area contributed by atoms with Crippen molar-refractivity contribution in [3.05, 3.63) is 11.8 Å². The van der Waals surface area contributed by atoms with E-state index < -0.39 is 6.10 Å². The monoisotopic (exact) mass is 180 g/mol. The molecule has 0 aliphatic carbocycles. The van der Waals surface area contributed by atoms with E-state index in [9.17, 15) is 5.11 Å². The predicted molar refractivity (Wildman–Crippen MR) is 48.2 cm³/mol. The van der Waals surface area contributed by atoms with Crippen molar-refractivity contribution in [3.8, 4) is 18.2 Å². The summed E-state index contributed by atoms with van der Waals surface area (Å²) in [5.74, 6) is 2.98. The quantitative estimate of drug-likeness (QED) is 0.688. The van der Waals surface area contributed by atoms with Crippen LogP contribution in [0.25, 0.3) is 0 Å². The predicted octanol–water partition coefficient (Wildman–Crippen LogP) is 0.485. The molecular weight excluding hydrogens is 168 g/mol. The van der Waals surface area contributed by atoms with Crippen LogP contribution in [0.15, 0.2) is 6.07 Å². The van der Waals surface area contributed by atoms with Gasteiger partial charge in [0.25, 0.3) is 0 Å². The first kappa shape index (κ1) is 9.62. The summed E-state index contributed by atoms with van der Waals surface area (Å²) in [6.45, 7) is 0. The highest BCUT2D eigenvalue weighted by atomic mass is 16.5. The summed E-state index contributed by atoms with van der Waals surface area (Å²) in [6, 6.07) is 1.67. The van der Waals surface area contributed by atoms with Crippen LogP contribution in [-0.4, -0.2) is 22.0 Å². The summed E-state index contributed by atoms with van der Waals surface area (Å²) in [4.78, 5) is 0. The molecule has 1 atom stereocenters. The lowest BCUT2D eigenvalue weighted by Crippen LogP contribution is -1.99. The number of aliphatic hydroxyl groups excluding tert-OH is 1. The molecule has 4 heteroatoms. The number of nitrogens with zero attached hydrogens (tertiary/aromatic N) is 2. The normalized spacial score (nSPS) is 12.2. The maximum absolute atomic E-state index is 9.48. The van der Waals surface area contributed by atoms with Gasteiger partial charge in [-0.05, 0) is 0 Å². The van der Waals surface area contributed by atoms with Gasteiger partial charge in [0, 0.05) is 19.5 Å².